The van der Waals surface area contributed by atoms with Crippen LogP contribution in [0.4, 0.5) is 5.00 Å². The van der Waals surface area contributed by atoms with Crippen LogP contribution in [0.25, 0.3) is 0 Å². The van der Waals surface area contributed by atoms with Gasteiger partial charge in [0.2, 0.25) is 0 Å². The number of esters is 1. The zero-order valence-electron chi connectivity index (χ0n) is 15.0. The summed E-state index contributed by atoms with van der Waals surface area (Å²) in [5.41, 5.74) is 2.12. The van der Waals surface area contributed by atoms with E-state index in [1.165, 1.54) is 27.6 Å². The molecular formula is C19H20N2O3S2. The summed E-state index contributed by atoms with van der Waals surface area (Å²) in [6.45, 7) is 5.60. The summed E-state index contributed by atoms with van der Waals surface area (Å²) < 4.78 is 5.13. The van der Waals surface area contributed by atoms with Gasteiger partial charge in [-0.2, -0.15) is 5.26 Å². The second kappa shape index (κ2) is 7.60. The number of nitrogens with zero attached hydrogens (tertiary/aromatic N) is 1. The Labute approximate surface area is 160 Å². The van der Waals surface area contributed by atoms with Crippen molar-refractivity contribution in [2.75, 3.05) is 11.9 Å². The summed E-state index contributed by atoms with van der Waals surface area (Å²) in [5, 5.41) is 12.8. The number of rotatable bonds is 4. The highest BCUT2D eigenvalue weighted by atomic mass is 32.1. The number of nitrogens with one attached hydrogen (secondary N) is 1. The highest BCUT2D eigenvalue weighted by Gasteiger charge is 2.25. The maximum absolute atomic E-state index is 12.2. The average Bonchev–Trinajstić information content (AvgIpc) is 3.10. The van der Waals surface area contributed by atoms with Crippen molar-refractivity contribution in [1.29, 1.82) is 5.26 Å². The number of aryl methyl sites for hydroxylation is 2. The summed E-state index contributed by atoms with van der Waals surface area (Å²) in [6.07, 6.45) is 2.87. The lowest BCUT2D eigenvalue weighted by Gasteiger charge is -2.17. The van der Waals surface area contributed by atoms with Crippen molar-refractivity contribution in [3.8, 4) is 6.07 Å². The lowest BCUT2D eigenvalue weighted by Crippen LogP contribution is -2.21. The molecule has 0 fully saturated rings. The molecule has 7 heteroatoms. The molecule has 0 aliphatic heterocycles. The largest absolute Gasteiger partial charge is 0.452 e. The van der Waals surface area contributed by atoms with Crippen LogP contribution in [0, 0.1) is 31.1 Å². The van der Waals surface area contributed by atoms with Gasteiger partial charge in [0.25, 0.3) is 5.91 Å². The highest BCUT2D eigenvalue weighted by molar-refractivity contribution is 7.16. The number of amides is 1. The van der Waals surface area contributed by atoms with E-state index in [1.54, 1.807) is 6.07 Å². The summed E-state index contributed by atoms with van der Waals surface area (Å²) in [4.78, 5) is 27.4. The predicted octanol–water partition coefficient (Wildman–Crippen LogP) is 4.22. The van der Waals surface area contributed by atoms with Crippen LogP contribution in [-0.4, -0.2) is 18.5 Å². The fraction of sp³-hybridized carbons (Fsp3) is 0.421. The molecular weight excluding hydrogens is 368 g/mol. The molecule has 1 aliphatic rings. The first-order chi connectivity index (χ1) is 12.4. The zero-order chi connectivity index (χ0) is 18.8. The van der Waals surface area contributed by atoms with Gasteiger partial charge in [-0.3, -0.25) is 4.79 Å². The molecule has 3 rings (SSSR count). The fourth-order valence-corrected chi connectivity index (χ4v) is 5.45. The number of anilines is 1. The van der Waals surface area contributed by atoms with Gasteiger partial charge in [-0.25, -0.2) is 4.79 Å². The Hall–Kier alpha value is -2.17. The van der Waals surface area contributed by atoms with Crippen LogP contribution in [0.1, 0.15) is 49.5 Å². The smallest absolute Gasteiger partial charge is 0.339 e. The molecule has 2 aromatic rings. The molecule has 0 spiro atoms. The lowest BCUT2D eigenvalue weighted by atomic mass is 9.89. The number of nitriles is 1. The van der Waals surface area contributed by atoms with Crippen LogP contribution < -0.4 is 5.32 Å². The Bertz CT molecular complexity index is 905. The Kier molecular flexibility index (Phi) is 5.44. The first kappa shape index (κ1) is 18.6. The Balaban J connectivity index is 1.65. The van der Waals surface area contributed by atoms with Gasteiger partial charge in [-0.1, -0.05) is 6.92 Å². The predicted molar refractivity (Wildman–Crippen MR) is 103 cm³/mol. The van der Waals surface area contributed by atoms with E-state index < -0.39 is 11.9 Å². The van der Waals surface area contributed by atoms with Crippen molar-refractivity contribution in [2.45, 2.75) is 40.0 Å². The van der Waals surface area contributed by atoms with E-state index in [9.17, 15) is 14.9 Å². The fourth-order valence-electron chi connectivity index (χ4n) is 3.16. The van der Waals surface area contributed by atoms with Crippen LogP contribution >= 0.6 is 22.7 Å². The highest BCUT2D eigenvalue weighted by Crippen LogP contribution is 2.39. The van der Waals surface area contributed by atoms with Crippen molar-refractivity contribution in [3.63, 3.8) is 0 Å². The van der Waals surface area contributed by atoms with Crippen molar-refractivity contribution < 1.29 is 14.3 Å². The molecule has 5 nitrogen and oxygen atoms in total. The molecule has 0 saturated heterocycles. The summed E-state index contributed by atoms with van der Waals surface area (Å²) in [7, 11) is 0. The first-order valence-electron chi connectivity index (χ1n) is 8.47. The molecule has 1 aliphatic carbocycles. The third-order valence-electron chi connectivity index (χ3n) is 4.47. The monoisotopic (exact) mass is 388 g/mol. The van der Waals surface area contributed by atoms with E-state index in [0.29, 0.717) is 22.0 Å². The van der Waals surface area contributed by atoms with E-state index in [4.69, 9.17) is 4.74 Å². The Morgan fingerprint density at radius 1 is 1.38 bits per heavy atom. The minimum atomic E-state index is -0.498. The van der Waals surface area contributed by atoms with Crippen LogP contribution in [-0.2, 0) is 22.4 Å². The lowest BCUT2D eigenvalue weighted by molar-refractivity contribution is -0.119. The molecule has 26 heavy (non-hydrogen) atoms. The zero-order valence-corrected chi connectivity index (χ0v) is 16.6. The normalized spacial score (nSPS) is 15.8. The molecule has 0 saturated carbocycles. The van der Waals surface area contributed by atoms with Gasteiger partial charge in [0.15, 0.2) is 6.61 Å². The SMILES string of the molecule is Cc1cc(C(=O)OCC(=O)Nc2sc3c(c2C#N)CC[C@@H](C)C3)c(C)s1. The number of fused-ring (bicyclic) bond motifs is 1. The molecule has 0 radical (unpaired) electrons. The molecule has 1 N–H and O–H groups in total. The van der Waals surface area contributed by atoms with E-state index in [1.807, 2.05) is 13.8 Å². The number of thiophene rings is 2. The van der Waals surface area contributed by atoms with Gasteiger partial charge in [0.05, 0.1) is 11.1 Å². The topological polar surface area (TPSA) is 79.2 Å². The summed E-state index contributed by atoms with van der Waals surface area (Å²) >= 11 is 2.98. The van der Waals surface area contributed by atoms with Crippen molar-refractivity contribution in [1.82, 2.24) is 0 Å². The Morgan fingerprint density at radius 2 is 2.15 bits per heavy atom. The van der Waals surface area contributed by atoms with Gasteiger partial charge >= 0.3 is 5.97 Å². The number of ether oxygens (including phenoxy) is 1. The third-order valence-corrected chi connectivity index (χ3v) is 6.61. The van der Waals surface area contributed by atoms with Crippen LogP contribution in [0.15, 0.2) is 6.07 Å². The molecule has 0 aromatic carbocycles. The van der Waals surface area contributed by atoms with E-state index in [2.05, 4.69) is 18.3 Å². The molecule has 1 atom stereocenters. The maximum atomic E-state index is 12.2. The van der Waals surface area contributed by atoms with E-state index in [-0.39, 0.29) is 6.61 Å². The average molecular weight is 389 g/mol. The number of hydrogen-bond acceptors (Lipinski definition) is 6. The van der Waals surface area contributed by atoms with Gasteiger partial charge in [-0.15, -0.1) is 22.7 Å². The third kappa shape index (κ3) is 3.81. The second-order valence-corrected chi connectivity index (χ2v) is 9.18. The van der Waals surface area contributed by atoms with Crippen LogP contribution in [0.2, 0.25) is 0 Å². The first-order valence-corrected chi connectivity index (χ1v) is 10.1. The number of carbonyl (C=O) groups excluding carboxylic acids is 2. The van der Waals surface area contributed by atoms with E-state index in [0.717, 1.165) is 34.6 Å². The summed E-state index contributed by atoms with van der Waals surface area (Å²) in [5.74, 6) is -0.331. The minimum Gasteiger partial charge on any atom is -0.452 e. The standard InChI is InChI=1S/C19H20N2O3S2/c1-10-4-5-13-15(8-20)18(26-16(13)6-10)21-17(22)9-24-19(23)14-7-11(2)25-12(14)3/h7,10H,4-6,9H2,1-3H3,(H,21,22)/t10-/m1/s1. The number of hydrogen-bond donors (Lipinski definition) is 1. The van der Waals surface area contributed by atoms with Crippen molar-refractivity contribution in [2.24, 2.45) is 5.92 Å². The molecule has 2 heterocycles. The van der Waals surface area contributed by atoms with Crippen LogP contribution in [0.5, 0.6) is 0 Å². The van der Waals surface area contributed by atoms with Gasteiger partial charge in [-0.05, 0) is 50.7 Å². The second-order valence-electron chi connectivity index (χ2n) is 6.62. The van der Waals surface area contributed by atoms with Crippen molar-refractivity contribution in [3.05, 3.63) is 37.4 Å². The molecule has 0 unspecified atom stereocenters. The molecule has 2 aromatic heterocycles. The molecule has 1 amide bonds. The van der Waals surface area contributed by atoms with Crippen LogP contribution in [0.3, 0.4) is 0 Å². The minimum absolute atomic E-state index is 0.364. The Morgan fingerprint density at radius 3 is 2.81 bits per heavy atom. The van der Waals surface area contributed by atoms with Gasteiger partial charge in [0, 0.05) is 14.6 Å². The van der Waals surface area contributed by atoms with Gasteiger partial charge in [0.1, 0.15) is 11.1 Å². The quantitative estimate of drug-likeness (QED) is 0.796. The molecule has 136 valence electrons. The maximum Gasteiger partial charge on any atom is 0.339 e. The summed E-state index contributed by atoms with van der Waals surface area (Å²) in [6, 6.07) is 3.98. The number of carbonyl (C=O) groups is 2. The van der Waals surface area contributed by atoms with Gasteiger partial charge < -0.3 is 10.1 Å². The van der Waals surface area contributed by atoms with E-state index >= 15 is 0 Å². The van der Waals surface area contributed by atoms with Crippen molar-refractivity contribution >= 4 is 39.6 Å². The molecule has 0 bridgehead atoms.